The lowest BCUT2D eigenvalue weighted by molar-refractivity contribution is 0.0749. The van der Waals surface area contributed by atoms with Gasteiger partial charge in [-0.1, -0.05) is 50.6 Å². The Morgan fingerprint density at radius 2 is 1.88 bits per heavy atom. The van der Waals surface area contributed by atoms with Crippen LogP contribution in [-0.4, -0.2) is 25.7 Å². The summed E-state index contributed by atoms with van der Waals surface area (Å²) in [5, 5.41) is 5.08. The van der Waals surface area contributed by atoms with Gasteiger partial charge in [0.1, 0.15) is 12.0 Å². The Balaban J connectivity index is 2.22. The van der Waals surface area contributed by atoms with Crippen LogP contribution in [0.15, 0.2) is 49.1 Å². The number of carbonyl (C=O) groups is 1. The zero-order chi connectivity index (χ0) is 17.3. The van der Waals surface area contributed by atoms with E-state index in [9.17, 15) is 4.79 Å². The molecule has 0 N–H and O–H groups in total. The van der Waals surface area contributed by atoms with Gasteiger partial charge in [0.05, 0.1) is 10.7 Å². The van der Waals surface area contributed by atoms with Crippen LogP contribution < -0.4 is 0 Å². The lowest BCUT2D eigenvalue weighted by Gasteiger charge is -2.15. The molecule has 0 saturated heterocycles. The van der Waals surface area contributed by atoms with Crippen LogP contribution in [0.5, 0.6) is 0 Å². The normalized spacial score (nSPS) is 11.5. The smallest absolute Gasteiger partial charge is 0.252 e. The highest BCUT2D eigenvalue weighted by Gasteiger charge is 2.26. The first kappa shape index (κ1) is 16.3. The van der Waals surface area contributed by atoms with Gasteiger partial charge in [-0.2, -0.15) is 5.10 Å². The van der Waals surface area contributed by atoms with Gasteiger partial charge in [-0.25, -0.2) is 14.6 Å². The summed E-state index contributed by atoms with van der Waals surface area (Å²) in [6.45, 7) is 5.57. The summed E-state index contributed by atoms with van der Waals surface area (Å²) in [7, 11) is 0. The van der Waals surface area contributed by atoms with E-state index in [1.165, 1.54) is 11.0 Å². The second-order valence-corrected chi connectivity index (χ2v) is 6.87. The van der Waals surface area contributed by atoms with Crippen LogP contribution >= 0.6 is 11.6 Å². The van der Waals surface area contributed by atoms with Crippen LogP contribution in [0.25, 0.3) is 22.5 Å². The maximum absolute atomic E-state index is 12.6. The monoisotopic (exact) mass is 340 g/mol. The predicted octanol–water partition coefficient (Wildman–Crippen LogP) is 4.35. The molecule has 0 bridgehead atoms. The summed E-state index contributed by atoms with van der Waals surface area (Å²) in [4.78, 5) is 20.8. The highest BCUT2D eigenvalue weighted by molar-refractivity contribution is 6.33. The fourth-order valence-electron chi connectivity index (χ4n) is 2.31. The minimum absolute atomic E-state index is 0.101. The van der Waals surface area contributed by atoms with E-state index in [1.54, 1.807) is 24.5 Å². The highest BCUT2D eigenvalue weighted by atomic mass is 35.5. The second-order valence-electron chi connectivity index (χ2n) is 6.47. The average Bonchev–Trinajstić information content (AvgIpc) is 2.99. The molecule has 0 aliphatic heterocycles. The van der Waals surface area contributed by atoms with Crippen molar-refractivity contribution in [2.24, 2.45) is 5.41 Å². The molecule has 0 radical (unpaired) electrons. The molecule has 6 heteroatoms. The number of nitrogens with zero attached hydrogens (tertiary/aromatic N) is 4. The van der Waals surface area contributed by atoms with Crippen molar-refractivity contribution in [3.05, 3.63) is 54.1 Å². The van der Waals surface area contributed by atoms with E-state index in [2.05, 4.69) is 15.1 Å². The van der Waals surface area contributed by atoms with E-state index in [-0.39, 0.29) is 5.91 Å². The number of rotatable bonds is 2. The minimum Gasteiger partial charge on any atom is -0.272 e. The van der Waals surface area contributed by atoms with Gasteiger partial charge in [-0.3, -0.25) is 4.79 Å². The van der Waals surface area contributed by atoms with Crippen LogP contribution in [0, 0.1) is 5.41 Å². The number of hydrogen-bond donors (Lipinski definition) is 0. The Labute approximate surface area is 145 Å². The van der Waals surface area contributed by atoms with Gasteiger partial charge in [0.15, 0.2) is 0 Å². The van der Waals surface area contributed by atoms with E-state index in [1.807, 2.05) is 39.0 Å². The van der Waals surface area contributed by atoms with Crippen LogP contribution in [0.4, 0.5) is 0 Å². The maximum atomic E-state index is 12.6. The van der Waals surface area contributed by atoms with E-state index in [4.69, 9.17) is 11.6 Å². The molecule has 0 spiro atoms. The van der Waals surface area contributed by atoms with Crippen molar-refractivity contribution in [3.63, 3.8) is 0 Å². The molecule has 24 heavy (non-hydrogen) atoms. The predicted molar refractivity (Wildman–Crippen MR) is 93.8 cm³/mol. The molecule has 0 saturated carbocycles. The molecule has 5 nitrogen and oxygen atoms in total. The minimum atomic E-state index is -0.549. The van der Waals surface area contributed by atoms with Gasteiger partial charge in [0.2, 0.25) is 0 Å². The number of aromatic nitrogens is 4. The SMILES string of the molecule is CC(C)(C)C(=O)n1cc(-c2ccncn2)c(-c2ccccc2Cl)n1. The molecule has 1 aromatic carbocycles. The van der Waals surface area contributed by atoms with E-state index < -0.39 is 5.41 Å². The molecule has 3 aromatic rings. The lowest BCUT2D eigenvalue weighted by Crippen LogP contribution is -2.27. The number of hydrogen-bond acceptors (Lipinski definition) is 4. The van der Waals surface area contributed by atoms with Crippen molar-refractivity contribution in [2.45, 2.75) is 20.8 Å². The standard InChI is InChI=1S/C18H17ClN4O/c1-18(2,3)17(24)23-10-13(15-8-9-20-11-21-15)16(22-23)12-6-4-5-7-14(12)19/h4-11H,1-3H3. The average molecular weight is 341 g/mol. The lowest BCUT2D eigenvalue weighted by atomic mass is 9.96. The molecule has 2 heterocycles. The Morgan fingerprint density at radius 1 is 1.12 bits per heavy atom. The summed E-state index contributed by atoms with van der Waals surface area (Å²) < 4.78 is 1.37. The third kappa shape index (κ3) is 3.08. The summed E-state index contributed by atoms with van der Waals surface area (Å²) in [6.07, 6.45) is 4.82. The molecule has 122 valence electrons. The van der Waals surface area contributed by atoms with Crippen molar-refractivity contribution < 1.29 is 4.79 Å². The van der Waals surface area contributed by atoms with Gasteiger partial charge >= 0.3 is 0 Å². The van der Waals surface area contributed by atoms with Crippen LogP contribution in [-0.2, 0) is 0 Å². The van der Waals surface area contributed by atoms with Gasteiger partial charge in [-0.05, 0) is 12.1 Å². The summed E-state index contributed by atoms with van der Waals surface area (Å²) in [5.41, 5.74) is 2.26. The van der Waals surface area contributed by atoms with Crippen molar-refractivity contribution in [2.75, 3.05) is 0 Å². The van der Waals surface area contributed by atoms with Gasteiger partial charge in [0, 0.05) is 28.9 Å². The molecule has 0 atom stereocenters. The molecule has 0 unspecified atom stereocenters. The molecule has 0 fully saturated rings. The van der Waals surface area contributed by atoms with E-state index in [0.717, 1.165) is 11.1 Å². The molecule has 2 aromatic heterocycles. The van der Waals surface area contributed by atoms with Gasteiger partial charge in [-0.15, -0.1) is 0 Å². The Morgan fingerprint density at radius 3 is 2.50 bits per heavy atom. The van der Waals surface area contributed by atoms with E-state index >= 15 is 0 Å². The van der Waals surface area contributed by atoms with Gasteiger partial charge < -0.3 is 0 Å². The zero-order valence-electron chi connectivity index (χ0n) is 13.7. The third-order valence-corrected chi connectivity index (χ3v) is 3.88. The van der Waals surface area contributed by atoms with E-state index in [0.29, 0.717) is 16.4 Å². The second kappa shape index (κ2) is 6.17. The topological polar surface area (TPSA) is 60.7 Å². The molecule has 3 rings (SSSR count). The van der Waals surface area contributed by atoms with Crippen molar-refractivity contribution in [1.29, 1.82) is 0 Å². The molecule has 0 aliphatic rings. The maximum Gasteiger partial charge on any atom is 0.252 e. The molecule has 0 amide bonds. The fraction of sp³-hybridized carbons (Fsp3) is 0.222. The first-order chi connectivity index (χ1) is 11.4. The number of benzene rings is 1. The number of halogens is 1. The van der Waals surface area contributed by atoms with Crippen molar-refractivity contribution in [1.82, 2.24) is 19.7 Å². The first-order valence-electron chi connectivity index (χ1n) is 7.53. The largest absolute Gasteiger partial charge is 0.272 e. The number of carbonyl (C=O) groups excluding carboxylic acids is 1. The Kier molecular flexibility index (Phi) is 4.20. The molecular formula is C18H17ClN4O. The Bertz CT molecular complexity index is 882. The van der Waals surface area contributed by atoms with Crippen LogP contribution in [0.2, 0.25) is 5.02 Å². The highest BCUT2D eigenvalue weighted by Crippen LogP contribution is 2.34. The fourth-order valence-corrected chi connectivity index (χ4v) is 2.54. The summed E-state index contributed by atoms with van der Waals surface area (Å²) in [6, 6.07) is 9.19. The summed E-state index contributed by atoms with van der Waals surface area (Å²) in [5.74, 6) is -0.101. The van der Waals surface area contributed by atoms with Crippen molar-refractivity contribution in [3.8, 4) is 22.5 Å². The molecule has 0 aliphatic carbocycles. The third-order valence-electron chi connectivity index (χ3n) is 3.55. The Hall–Kier alpha value is -2.53. The zero-order valence-corrected chi connectivity index (χ0v) is 14.4. The van der Waals surface area contributed by atoms with Gasteiger partial charge in [0.25, 0.3) is 5.91 Å². The molecular weight excluding hydrogens is 324 g/mol. The van der Waals surface area contributed by atoms with Crippen molar-refractivity contribution >= 4 is 17.5 Å². The first-order valence-corrected chi connectivity index (χ1v) is 7.91. The summed E-state index contributed by atoms with van der Waals surface area (Å²) >= 11 is 6.33. The van der Waals surface area contributed by atoms with Crippen LogP contribution in [0.1, 0.15) is 25.6 Å². The quantitative estimate of drug-likeness (QED) is 0.696. The van der Waals surface area contributed by atoms with Crippen LogP contribution in [0.3, 0.4) is 0 Å².